The van der Waals surface area contributed by atoms with E-state index in [-0.39, 0.29) is 6.10 Å². The van der Waals surface area contributed by atoms with Gasteiger partial charge in [0.2, 0.25) is 0 Å². The van der Waals surface area contributed by atoms with Gasteiger partial charge in [0.15, 0.2) is 0 Å². The first-order chi connectivity index (χ1) is 8.69. The Morgan fingerprint density at radius 2 is 2.39 bits per heavy atom. The van der Waals surface area contributed by atoms with Gasteiger partial charge in [-0.2, -0.15) is 0 Å². The predicted octanol–water partition coefficient (Wildman–Crippen LogP) is -0.111. The first-order valence-electron chi connectivity index (χ1n) is 6.63. The molecule has 1 fully saturated rings. The van der Waals surface area contributed by atoms with Gasteiger partial charge in [-0.1, -0.05) is 5.21 Å². The van der Waals surface area contributed by atoms with Gasteiger partial charge in [-0.3, -0.25) is 4.90 Å². The fraction of sp³-hybridized carbons (Fsp3) is 0.833. The summed E-state index contributed by atoms with van der Waals surface area (Å²) < 4.78 is 7.64. The first-order valence-corrected chi connectivity index (χ1v) is 6.63. The van der Waals surface area contributed by atoms with Crippen molar-refractivity contribution in [2.24, 2.45) is 5.73 Å². The predicted molar refractivity (Wildman–Crippen MR) is 69.2 cm³/mol. The number of hydrogen-bond acceptors (Lipinski definition) is 5. The Morgan fingerprint density at radius 1 is 1.56 bits per heavy atom. The molecule has 18 heavy (non-hydrogen) atoms. The van der Waals surface area contributed by atoms with Crippen LogP contribution in [0.1, 0.15) is 19.5 Å². The zero-order chi connectivity index (χ0) is 13.0. The molecule has 0 aliphatic carbocycles. The van der Waals surface area contributed by atoms with Crippen molar-refractivity contribution in [3.05, 3.63) is 11.9 Å². The van der Waals surface area contributed by atoms with E-state index < -0.39 is 0 Å². The van der Waals surface area contributed by atoms with Gasteiger partial charge in [-0.15, -0.1) is 5.10 Å². The third kappa shape index (κ3) is 3.51. The van der Waals surface area contributed by atoms with Crippen LogP contribution >= 0.6 is 0 Å². The Bertz CT molecular complexity index is 365. The number of nitrogens with two attached hydrogens (primary N) is 1. The summed E-state index contributed by atoms with van der Waals surface area (Å²) in [6.07, 6.45) is 2.95. The number of morpholine rings is 1. The lowest BCUT2D eigenvalue weighted by Gasteiger charge is -2.35. The maximum Gasteiger partial charge on any atom is 0.0898 e. The number of aromatic nitrogens is 3. The lowest BCUT2D eigenvalue weighted by molar-refractivity contribution is -0.0471. The van der Waals surface area contributed by atoms with Crippen LogP contribution in [-0.4, -0.2) is 58.3 Å². The lowest BCUT2D eigenvalue weighted by Crippen LogP contribution is -2.47. The summed E-state index contributed by atoms with van der Waals surface area (Å²) in [5, 5.41) is 8.20. The average molecular weight is 253 g/mol. The molecule has 1 atom stereocenters. The second kappa shape index (κ2) is 6.26. The Balaban J connectivity index is 1.87. The third-order valence-corrected chi connectivity index (χ3v) is 3.28. The van der Waals surface area contributed by atoms with E-state index in [4.69, 9.17) is 10.5 Å². The normalized spacial score (nSPS) is 21.7. The highest BCUT2D eigenvalue weighted by molar-refractivity contribution is 4.93. The van der Waals surface area contributed by atoms with E-state index in [1.54, 1.807) is 0 Å². The summed E-state index contributed by atoms with van der Waals surface area (Å²) in [4.78, 5) is 2.44. The molecule has 2 rings (SSSR count). The van der Waals surface area contributed by atoms with E-state index in [2.05, 4.69) is 29.1 Å². The lowest BCUT2D eigenvalue weighted by atomic mass is 10.2. The summed E-state index contributed by atoms with van der Waals surface area (Å²) in [5.41, 5.74) is 6.45. The topological polar surface area (TPSA) is 69.2 Å². The van der Waals surface area contributed by atoms with E-state index in [1.165, 1.54) is 0 Å². The molecular formula is C12H23N5O. The molecule has 0 spiro atoms. The van der Waals surface area contributed by atoms with Gasteiger partial charge >= 0.3 is 0 Å². The fourth-order valence-electron chi connectivity index (χ4n) is 2.22. The molecule has 0 aromatic carbocycles. The zero-order valence-electron chi connectivity index (χ0n) is 11.2. The number of nitrogens with zero attached hydrogens (tertiary/aromatic N) is 4. The number of rotatable bonds is 5. The molecule has 1 saturated heterocycles. The second-order valence-electron chi connectivity index (χ2n) is 5.05. The van der Waals surface area contributed by atoms with Crippen molar-refractivity contribution in [3.8, 4) is 0 Å². The van der Waals surface area contributed by atoms with Gasteiger partial charge in [-0.25, -0.2) is 4.68 Å². The highest BCUT2D eigenvalue weighted by Gasteiger charge is 2.22. The zero-order valence-corrected chi connectivity index (χ0v) is 11.2. The SMILES string of the molecule is CC(C)N1CCOC(Cn2cc(CCN)nn2)C1. The van der Waals surface area contributed by atoms with Crippen molar-refractivity contribution in [1.82, 2.24) is 19.9 Å². The van der Waals surface area contributed by atoms with Crippen LogP contribution in [0.4, 0.5) is 0 Å². The summed E-state index contributed by atoms with van der Waals surface area (Å²) in [7, 11) is 0. The van der Waals surface area contributed by atoms with Crippen LogP contribution in [0.5, 0.6) is 0 Å². The van der Waals surface area contributed by atoms with Crippen molar-refractivity contribution >= 4 is 0 Å². The van der Waals surface area contributed by atoms with Crippen molar-refractivity contribution in [3.63, 3.8) is 0 Å². The van der Waals surface area contributed by atoms with Crippen molar-refractivity contribution < 1.29 is 4.74 Å². The molecule has 2 heterocycles. The molecule has 102 valence electrons. The maximum absolute atomic E-state index is 5.78. The Hall–Kier alpha value is -0.980. The minimum Gasteiger partial charge on any atom is -0.374 e. The van der Waals surface area contributed by atoms with Gasteiger partial charge in [0.25, 0.3) is 0 Å². The highest BCUT2D eigenvalue weighted by atomic mass is 16.5. The van der Waals surface area contributed by atoms with Crippen LogP contribution in [0, 0.1) is 0 Å². The van der Waals surface area contributed by atoms with Crippen LogP contribution in [0.2, 0.25) is 0 Å². The highest BCUT2D eigenvalue weighted by Crippen LogP contribution is 2.10. The largest absolute Gasteiger partial charge is 0.374 e. The second-order valence-corrected chi connectivity index (χ2v) is 5.05. The number of hydrogen-bond donors (Lipinski definition) is 1. The molecule has 1 aliphatic rings. The molecular weight excluding hydrogens is 230 g/mol. The van der Waals surface area contributed by atoms with Gasteiger partial charge in [-0.05, 0) is 20.4 Å². The summed E-state index contributed by atoms with van der Waals surface area (Å²) in [6, 6.07) is 0.569. The number of ether oxygens (including phenoxy) is 1. The van der Waals surface area contributed by atoms with E-state index in [9.17, 15) is 0 Å². The van der Waals surface area contributed by atoms with E-state index in [0.29, 0.717) is 12.6 Å². The van der Waals surface area contributed by atoms with E-state index >= 15 is 0 Å². The van der Waals surface area contributed by atoms with Crippen molar-refractivity contribution in [2.45, 2.75) is 39.0 Å². The Labute approximate surface area is 108 Å². The molecule has 0 radical (unpaired) electrons. The molecule has 1 aromatic heterocycles. The molecule has 1 aromatic rings. The monoisotopic (exact) mass is 253 g/mol. The van der Waals surface area contributed by atoms with Crippen LogP contribution in [0.3, 0.4) is 0 Å². The molecule has 1 unspecified atom stereocenters. The van der Waals surface area contributed by atoms with Gasteiger partial charge in [0, 0.05) is 31.7 Å². The van der Waals surface area contributed by atoms with Crippen LogP contribution in [0.25, 0.3) is 0 Å². The van der Waals surface area contributed by atoms with Crippen LogP contribution < -0.4 is 5.73 Å². The van der Waals surface area contributed by atoms with E-state index in [0.717, 1.165) is 38.4 Å². The van der Waals surface area contributed by atoms with E-state index in [1.807, 2.05) is 10.9 Å². The maximum atomic E-state index is 5.78. The molecule has 0 saturated carbocycles. The van der Waals surface area contributed by atoms with Gasteiger partial charge in [0.1, 0.15) is 0 Å². The Kier molecular flexibility index (Phi) is 4.68. The molecule has 6 nitrogen and oxygen atoms in total. The summed E-state index contributed by atoms with van der Waals surface area (Å²) in [6.45, 7) is 8.59. The smallest absolute Gasteiger partial charge is 0.0898 e. The van der Waals surface area contributed by atoms with Crippen molar-refractivity contribution in [1.29, 1.82) is 0 Å². The molecule has 2 N–H and O–H groups in total. The third-order valence-electron chi connectivity index (χ3n) is 3.28. The molecule has 6 heteroatoms. The minimum absolute atomic E-state index is 0.202. The average Bonchev–Trinajstić information content (AvgIpc) is 2.77. The quantitative estimate of drug-likeness (QED) is 0.793. The molecule has 0 amide bonds. The Morgan fingerprint density at radius 3 is 3.11 bits per heavy atom. The summed E-state index contributed by atoms with van der Waals surface area (Å²) >= 11 is 0. The summed E-state index contributed by atoms with van der Waals surface area (Å²) in [5.74, 6) is 0. The van der Waals surface area contributed by atoms with Crippen LogP contribution in [0.15, 0.2) is 6.20 Å². The standard InChI is InChI=1S/C12H23N5O/c1-10(2)16-5-6-18-12(8-16)9-17-7-11(3-4-13)14-15-17/h7,10,12H,3-6,8-9,13H2,1-2H3. The fourth-order valence-corrected chi connectivity index (χ4v) is 2.22. The van der Waals surface area contributed by atoms with Gasteiger partial charge < -0.3 is 10.5 Å². The molecule has 0 bridgehead atoms. The van der Waals surface area contributed by atoms with Crippen LogP contribution in [-0.2, 0) is 17.7 Å². The minimum atomic E-state index is 0.202. The first kappa shape index (κ1) is 13.5. The molecule has 1 aliphatic heterocycles. The van der Waals surface area contributed by atoms with Gasteiger partial charge in [0.05, 0.1) is 24.9 Å². The van der Waals surface area contributed by atoms with Crippen molar-refractivity contribution in [2.75, 3.05) is 26.2 Å².